The van der Waals surface area contributed by atoms with E-state index in [0.29, 0.717) is 6.61 Å². The minimum Gasteiger partial charge on any atom is -0.465 e. The van der Waals surface area contributed by atoms with Gasteiger partial charge in [-0.1, -0.05) is 19.1 Å². The highest BCUT2D eigenvalue weighted by Gasteiger charge is 2.22. The molecule has 1 rings (SSSR count). The normalized spacial score (nSPS) is 24.4. The van der Waals surface area contributed by atoms with Crippen molar-refractivity contribution in [3.05, 3.63) is 12.2 Å². The van der Waals surface area contributed by atoms with Gasteiger partial charge in [0.15, 0.2) is 0 Å². The lowest BCUT2D eigenvalue weighted by Crippen LogP contribution is -2.23. The zero-order valence-corrected chi connectivity index (χ0v) is 7.58. The molecule has 68 valence electrons. The van der Waals surface area contributed by atoms with Crippen molar-refractivity contribution in [3.63, 3.8) is 0 Å². The van der Waals surface area contributed by atoms with Crippen LogP contribution in [0.25, 0.3) is 0 Å². The Balaban J connectivity index is 2.29. The number of hydrogen-bond acceptors (Lipinski definition) is 2. The standard InChI is InChI=1S/C10H16O2/c1-2-3-4-6-9-7-5-8-12-10(9)11/h3-4,9H,2,5-8H2,1H3. The molecule has 2 nitrogen and oxygen atoms in total. The van der Waals surface area contributed by atoms with Crippen LogP contribution >= 0.6 is 0 Å². The van der Waals surface area contributed by atoms with Gasteiger partial charge in [-0.15, -0.1) is 0 Å². The second-order valence-corrected chi connectivity index (χ2v) is 3.12. The van der Waals surface area contributed by atoms with Gasteiger partial charge in [0.2, 0.25) is 0 Å². The van der Waals surface area contributed by atoms with Crippen LogP contribution in [-0.4, -0.2) is 12.6 Å². The molecule has 0 aromatic carbocycles. The maximum absolute atomic E-state index is 11.1. The van der Waals surface area contributed by atoms with Crippen molar-refractivity contribution in [2.75, 3.05) is 6.61 Å². The van der Waals surface area contributed by atoms with Gasteiger partial charge in [0.05, 0.1) is 12.5 Å². The second kappa shape index (κ2) is 4.96. The predicted octanol–water partition coefficient (Wildman–Crippen LogP) is 2.30. The molecule has 1 aliphatic rings. The molecule has 1 atom stereocenters. The number of carbonyl (C=O) groups excluding carboxylic acids is 1. The van der Waals surface area contributed by atoms with Crippen LogP contribution in [0.15, 0.2) is 12.2 Å². The third kappa shape index (κ3) is 2.68. The van der Waals surface area contributed by atoms with E-state index in [1.165, 1.54) is 0 Å². The van der Waals surface area contributed by atoms with E-state index in [2.05, 4.69) is 19.1 Å². The molecule has 0 N–H and O–H groups in total. The molecule has 0 amide bonds. The van der Waals surface area contributed by atoms with E-state index in [4.69, 9.17) is 4.74 Å². The van der Waals surface area contributed by atoms with Crippen LogP contribution in [-0.2, 0) is 9.53 Å². The number of carbonyl (C=O) groups is 1. The largest absolute Gasteiger partial charge is 0.465 e. The van der Waals surface area contributed by atoms with E-state index in [-0.39, 0.29) is 11.9 Å². The van der Waals surface area contributed by atoms with Crippen molar-refractivity contribution in [1.82, 2.24) is 0 Å². The fourth-order valence-corrected chi connectivity index (χ4v) is 1.38. The molecule has 12 heavy (non-hydrogen) atoms. The van der Waals surface area contributed by atoms with Crippen LogP contribution < -0.4 is 0 Å². The van der Waals surface area contributed by atoms with Crippen LogP contribution in [0, 0.1) is 5.92 Å². The molecular weight excluding hydrogens is 152 g/mol. The van der Waals surface area contributed by atoms with Gasteiger partial charge in [-0.25, -0.2) is 0 Å². The Labute approximate surface area is 73.6 Å². The highest BCUT2D eigenvalue weighted by Crippen LogP contribution is 2.18. The van der Waals surface area contributed by atoms with Crippen LogP contribution in [0.3, 0.4) is 0 Å². The van der Waals surface area contributed by atoms with Crippen molar-refractivity contribution < 1.29 is 9.53 Å². The number of allylic oxidation sites excluding steroid dienone is 2. The molecule has 1 fully saturated rings. The summed E-state index contributed by atoms with van der Waals surface area (Å²) < 4.78 is 4.95. The molecule has 1 saturated heterocycles. The summed E-state index contributed by atoms with van der Waals surface area (Å²) in [6, 6.07) is 0. The molecule has 1 aliphatic heterocycles. The Bertz CT molecular complexity index is 173. The lowest BCUT2D eigenvalue weighted by Gasteiger charge is -2.19. The molecule has 0 aromatic rings. The predicted molar refractivity (Wildman–Crippen MR) is 47.7 cm³/mol. The summed E-state index contributed by atoms with van der Waals surface area (Å²) in [6.07, 6.45) is 8.09. The molecule has 0 spiro atoms. The van der Waals surface area contributed by atoms with Gasteiger partial charge >= 0.3 is 5.97 Å². The van der Waals surface area contributed by atoms with E-state index in [0.717, 1.165) is 25.7 Å². The van der Waals surface area contributed by atoms with Gasteiger partial charge in [0.1, 0.15) is 0 Å². The van der Waals surface area contributed by atoms with Crippen molar-refractivity contribution in [2.45, 2.75) is 32.6 Å². The van der Waals surface area contributed by atoms with E-state index in [1.807, 2.05) is 0 Å². The van der Waals surface area contributed by atoms with Gasteiger partial charge in [0, 0.05) is 0 Å². The van der Waals surface area contributed by atoms with Gasteiger partial charge in [0.25, 0.3) is 0 Å². The van der Waals surface area contributed by atoms with E-state index in [9.17, 15) is 4.79 Å². The fourth-order valence-electron chi connectivity index (χ4n) is 1.38. The first-order chi connectivity index (χ1) is 5.84. The Morgan fingerprint density at radius 3 is 3.08 bits per heavy atom. The fraction of sp³-hybridized carbons (Fsp3) is 0.700. The summed E-state index contributed by atoms with van der Waals surface area (Å²) in [5, 5.41) is 0. The van der Waals surface area contributed by atoms with Crippen LogP contribution in [0.1, 0.15) is 32.6 Å². The summed E-state index contributed by atoms with van der Waals surface area (Å²) in [5.74, 6) is 0.114. The molecule has 1 unspecified atom stereocenters. The summed E-state index contributed by atoms with van der Waals surface area (Å²) in [4.78, 5) is 11.1. The number of ether oxygens (including phenoxy) is 1. The lowest BCUT2D eigenvalue weighted by atomic mass is 9.97. The summed E-state index contributed by atoms with van der Waals surface area (Å²) in [6.45, 7) is 2.71. The maximum atomic E-state index is 11.1. The minimum atomic E-state index is -0.0120. The highest BCUT2D eigenvalue weighted by atomic mass is 16.5. The third-order valence-electron chi connectivity index (χ3n) is 2.10. The van der Waals surface area contributed by atoms with Crippen LogP contribution in [0.5, 0.6) is 0 Å². The minimum absolute atomic E-state index is 0.0120. The maximum Gasteiger partial charge on any atom is 0.309 e. The Hall–Kier alpha value is -0.790. The first-order valence-corrected chi connectivity index (χ1v) is 4.66. The Morgan fingerprint density at radius 2 is 2.42 bits per heavy atom. The third-order valence-corrected chi connectivity index (χ3v) is 2.10. The number of cyclic esters (lactones) is 1. The summed E-state index contributed by atoms with van der Waals surface area (Å²) >= 11 is 0. The van der Waals surface area contributed by atoms with E-state index >= 15 is 0 Å². The Morgan fingerprint density at radius 1 is 1.58 bits per heavy atom. The molecule has 2 heteroatoms. The van der Waals surface area contributed by atoms with Gasteiger partial charge in [-0.3, -0.25) is 4.79 Å². The number of esters is 1. The van der Waals surface area contributed by atoms with Gasteiger partial charge in [-0.2, -0.15) is 0 Å². The molecule has 1 heterocycles. The highest BCUT2D eigenvalue weighted by molar-refractivity contribution is 5.73. The monoisotopic (exact) mass is 168 g/mol. The summed E-state index contributed by atoms with van der Waals surface area (Å²) in [7, 11) is 0. The second-order valence-electron chi connectivity index (χ2n) is 3.12. The first-order valence-electron chi connectivity index (χ1n) is 4.66. The van der Waals surface area contributed by atoms with Crippen molar-refractivity contribution >= 4 is 5.97 Å². The van der Waals surface area contributed by atoms with Crippen molar-refractivity contribution in [1.29, 1.82) is 0 Å². The quantitative estimate of drug-likeness (QED) is 0.477. The lowest BCUT2D eigenvalue weighted by molar-refractivity contribution is -0.152. The zero-order chi connectivity index (χ0) is 8.81. The Kier molecular flexibility index (Phi) is 3.85. The average molecular weight is 168 g/mol. The SMILES string of the molecule is CCC=CCC1CCCOC1=O. The topological polar surface area (TPSA) is 26.3 Å². The smallest absolute Gasteiger partial charge is 0.309 e. The van der Waals surface area contributed by atoms with E-state index in [1.54, 1.807) is 0 Å². The van der Waals surface area contributed by atoms with Crippen LogP contribution in [0.2, 0.25) is 0 Å². The first kappa shape index (κ1) is 9.30. The van der Waals surface area contributed by atoms with E-state index < -0.39 is 0 Å². The summed E-state index contributed by atoms with van der Waals surface area (Å²) in [5.41, 5.74) is 0. The molecular formula is C10H16O2. The number of hydrogen-bond donors (Lipinski definition) is 0. The molecule has 0 aliphatic carbocycles. The molecule has 0 aromatic heterocycles. The molecule has 0 bridgehead atoms. The number of rotatable bonds is 3. The molecule has 0 radical (unpaired) electrons. The molecule has 0 saturated carbocycles. The van der Waals surface area contributed by atoms with Gasteiger partial charge < -0.3 is 4.74 Å². The van der Waals surface area contributed by atoms with Gasteiger partial charge in [-0.05, 0) is 25.7 Å². The average Bonchev–Trinajstić information content (AvgIpc) is 2.09. The van der Waals surface area contributed by atoms with Crippen molar-refractivity contribution in [3.8, 4) is 0 Å². The van der Waals surface area contributed by atoms with Crippen LogP contribution in [0.4, 0.5) is 0 Å². The van der Waals surface area contributed by atoms with Crippen molar-refractivity contribution in [2.24, 2.45) is 5.92 Å². The zero-order valence-electron chi connectivity index (χ0n) is 7.58.